The molecule has 0 N–H and O–H groups in total. The lowest BCUT2D eigenvalue weighted by molar-refractivity contribution is -0.384. The summed E-state index contributed by atoms with van der Waals surface area (Å²) in [6, 6.07) is 6.91. The summed E-state index contributed by atoms with van der Waals surface area (Å²) < 4.78 is 38.6. The molecular weight excluding hydrogens is 434 g/mol. The van der Waals surface area contributed by atoms with Gasteiger partial charge in [-0.1, -0.05) is 23.2 Å². The third-order valence-electron chi connectivity index (χ3n) is 4.52. The summed E-state index contributed by atoms with van der Waals surface area (Å²) in [7, 11) is 0. The van der Waals surface area contributed by atoms with E-state index in [1.54, 1.807) is 4.90 Å². The number of rotatable bonds is 3. The number of hydrogen-bond donors (Lipinski definition) is 0. The van der Waals surface area contributed by atoms with Crippen molar-refractivity contribution in [3.8, 4) is 0 Å². The molecule has 0 spiro atoms. The number of halogens is 5. The first-order chi connectivity index (χ1) is 13.6. The molecule has 1 heterocycles. The molecule has 29 heavy (non-hydrogen) atoms. The Morgan fingerprint density at radius 3 is 2.10 bits per heavy atom. The number of anilines is 1. The first kappa shape index (κ1) is 21.2. The van der Waals surface area contributed by atoms with Crippen molar-refractivity contribution < 1.29 is 22.9 Å². The fraction of sp³-hybridized carbons (Fsp3) is 0.278. The van der Waals surface area contributed by atoms with Crippen LogP contribution in [0.3, 0.4) is 0 Å². The van der Waals surface area contributed by atoms with Crippen LogP contribution in [0.25, 0.3) is 0 Å². The molecule has 1 aliphatic rings. The molecule has 1 fully saturated rings. The Labute approximate surface area is 173 Å². The normalized spacial score (nSPS) is 14.8. The molecule has 6 nitrogen and oxygen atoms in total. The number of alkyl halides is 3. The predicted octanol–water partition coefficient (Wildman–Crippen LogP) is 4.88. The molecule has 1 saturated heterocycles. The summed E-state index contributed by atoms with van der Waals surface area (Å²) in [5.41, 5.74) is -1.31. The summed E-state index contributed by atoms with van der Waals surface area (Å²) in [4.78, 5) is 26.2. The van der Waals surface area contributed by atoms with Gasteiger partial charge in [-0.15, -0.1) is 0 Å². The summed E-state index contributed by atoms with van der Waals surface area (Å²) in [5, 5.41) is 11.9. The van der Waals surface area contributed by atoms with E-state index in [0.29, 0.717) is 21.7 Å². The highest BCUT2D eigenvalue weighted by atomic mass is 35.5. The standard InChI is InChI=1S/C18H14Cl2F3N3O3/c19-13-7-11(8-14(20)10-13)17(27)25-5-3-24(4-6-25)15-2-1-12(18(21,22)23)9-16(15)26(28)29/h1-2,7-10H,3-6H2. The van der Waals surface area contributed by atoms with Crippen molar-refractivity contribution >= 4 is 40.5 Å². The molecule has 0 bridgehead atoms. The Balaban J connectivity index is 1.77. The molecule has 2 aromatic rings. The quantitative estimate of drug-likeness (QED) is 0.496. The Hall–Kier alpha value is -2.52. The highest BCUT2D eigenvalue weighted by molar-refractivity contribution is 6.35. The molecular formula is C18H14Cl2F3N3O3. The third-order valence-corrected chi connectivity index (χ3v) is 4.95. The Morgan fingerprint density at radius 2 is 1.59 bits per heavy atom. The summed E-state index contributed by atoms with van der Waals surface area (Å²) >= 11 is 11.8. The molecule has 0 aliphatic carbocycles. The van der Waals surface area contributed by atoms with Gasteiger partial charge < -0.3 is 9.80 Å². The maximum absolute atomic E-state index is 12.9. The Morgan fingerprint density at radius 1 is 1.00 bits per heavy atom. The van der Waals surface area contributed by atoms with E-state index in [-0.39, 0.29) is 37.8 Å². The van der Waals surface area contributed by atoms with Gasteiger partial charge in [0.25, 0.3) is 11.6 Å². The average Bonchev–Trinajstić information content (AvgIpc) is 2.65. The number of carbonyl (C=O) groups excluding carboxylic acids is 1. The molecule has 1 aliphatic heterocycles. The number of piperazine rings is 1. The molecule has 1 amide bonds. The van der Waals surface area contributed by atoms with Gasteiger partial charge >= 0.3 is 6.18 Å². The number of nitrogens with zero attached hydrogens (tertiary/aromatic N) is 3. The summed E-state index contributed by atoms with van der Waals surface area (Å²) in [6.07, 6.45) is -4.67. The van der Waals surface area contributed by atoms with Crippen LogP contribution in [-0.4, -0.2) is 41.9 Å². The van der Waals surface area contributed by atoms with Crippen LogP contribution in [0.1, 0.15) is 15.9 Å². The maximum atomic E-state index is 12.9. The zero-order valence-electron chi connectivity index (χ0n) is 14.7. The number of benzene rings is 2. The minimum Gasteiger partial charge on any atom is -0.362 e. The van der Waals surface area contributed by atoms with Gasteiger partial charge in [-0.05, 0) is 30.3 Å². The fourth-order valence-corrected chi connectivity index (χ4v) is 3.65. The number of nitro benzene ring substituents is 1. The zero-order valence-corrected chi connectivity index (χ0v) is 16.3. The molecule has 0 radical (unpaired) electrons. The molecule has 154 valence electrons. The van der Waals surface area contributed by atoms with Crippen molar-refractivity contribution in [3.63, 3.8) is 0 Å². The van der Waals surface area contributed by atoms with Gasteiger partial charge in [0.15, 0.2) is 0 Å². The van der Waals surface area contributed by atoms with E-state index in [1.165, 1.54) is 23.1 Å². The van der Waals surface area contributed by atoms with Crippen molar-refractivity contribution in [2.45, 2.75) is 6.18 Å². The van der Waals surface area contributed by atoms with Gasteiger partial charge in [0, 0.05) is 47.9 Å². The fourth-order valence-electron chi connectivity index (χ4n) is 3.12. The van der Waals surface area contributed by atoms with Gasteiger partial charge in [0.1, 0.15) is 5.69 Å². The van der Waals surface area contributed by atoms with Gasteiger partial charge in [0.05, 0.1) is 10.5 Å². The van der Waals surface area contributed by atoms with Gasteiger partial charge in [0.2, 0.25) is 0 Å². The monoisotopic (exact) mass is 447 g/mol. The molecule has 11 heteroatoms. The topological polar surface area (TPSA) is 66.7 Å². The van der Waals surface area contributed by atoms with Crippen LogP contribution in [0.15, 0.2) is 36.4 Å². The predicted molar refractivity (Wildman–Crippen MR) is 103 cm³/mol. The van der Waals surface area contributed by atoms with E-state index in [1.807, 2.05) is 0 Å². The van der Waals surface area contributed by atoms with Crippen LogP contribution in [0.5, 0.6) is 0 Å². The van der Waals surface area contributed by atoms with E-state index >= 15 is 0 Å². The van der Waals surface area contributed by atoms with Gasteiger partial charge in [-0.25, -0.2) is 0 Å². The van der Waals surface area contributed by atoms with Gasteiger partial charge in [-0.2, -0.15) is 13.2 Å². The van der Waals surface area contributed by atoms with Crippen molar-refractivity contribution in [2.75, 3.05) is 31.1 Å². The molecule has 0 saturated carbocycles. The average molecular weight is 448 g/mol. The zero-order chi connectivity index (χ0) is 21.3. The van der Waals surface area contributed by atoms with Gasteiger partial charge in [-0.3, -0.25) is 14.9 Å². The SMILES string of the molecule is O=C(c1cc(Cl)cc(Cl)c1)N1CCN(c2ccc(C(F)(F)F)cc2[N+](=O)[O-])CC1. The lowest BCUT2D eigenvalue weighted by Gasteiger charge is -2.36. The summed E-state index contributed by atoms with van der Waals surface area (Å²) in [6.45, 7) is 0.931. The van der Waals surface area contributed by atoms with E-state index in [4.69, 9.17) is 23.2 Å². The largest absolute Gasteiger partial charge is 0.416 e. The first-order valence-corrected chi connectivity index (χ1v) is 9.18. The Bertz CT molecular complexity index is 941. The lowest BCUT2D eigenvalue weighted by atomic mass is 10.1. The van der Waals surface area contributed by atoms with Crippen LogP contribution < -0.4 is 4.90 Å². The minimum atomic E-state index is -4.67. The molecule has 0 atom stereocenters. The molecule has 2 aromatic carbocycles. The number of amides is 1. The maximum Gasteiger partial charge on any atom is 0.416 e. The number of carbonyl (C=O) groups is 1. The van der Waals surface area contributed by atoms with Crippen molar-refractivity contribution in [1.82, 2.24) is 4.90 Å². The second-order valence-electron chi connectivity index (χ2n) is 6.40. The van der Waals surface area contributed by atoms with Crippen molar-refractivity contribution in [2.24, 2.45) is 0 Å². The Kier molecular flexibility index (Phi) is 5.90. The first-order valence-electron chi connectivity index (χ1n) is 8.42. The summed E-state index contributed by atoms with van der Waals surface area (Å²) in [5.74, 6) is -0.295. The smallest absolute Gasteiger partial charge is 0.362 e. The second kappa shape index (κ2) is 8.08. The highest BCUT2D eigenvalue weighted by Crippen LogP contribution is 2.36. The van der Waals surface area contributed by atoms with E-state index in [9.17, 15) is 28.1 Å². The molecule has 3 rings (SSSR count). The minimum absolute atomic E-state index is 0.0842. The van der Waals surface area contributed by atoms with E-state index < -0.39 is 22.4 Å². The highest BCUT2D eigenvalue weighted by Gasteiger charge is 2.34. The van der Waals surface area contributed by atoms with Crippen molar-refractivity contribution in [3.05, 3.63) is 67.7 Å². The van der Waals surface area contributed by atoms with Crippen LogP contribution in [-0.2, 0) is 6.18 Å². The number of hydrogen-bond acceptors (Lipinski definition) is 4. The van der Waals surface area contributed by atoms with Crippen LogP contribution in [0.2, 0.25) is 10.0 Å². The molecule has 0 unspecified atom stereocenters. The lowest BCUT2D eigenvalue weighted by Crippen LogP contribution is -2.49. The number of nitro groups is 1. The van der Waals surface area contributed by atoms with E-state index in [0.717, 1.165) is 12.1 Å². The van der Waals surface area contributed by atoms with Crippen molar-refractivity contribution in [1.29, 1.82) is 0 Å². The second-order valence-corrected chi connectivity index (χ2v) is 7.27. The van der Waals surface area contributed by atoms with Crippen LogP contribution in [0, 0.1) is 10.1 Å². The molecule has 0 aromatic heterocycles. The van der Waals surface area contributed by atoms with E-state index in [2.05, 4.69) is 0 Å². The van der Waals surface area contributed by atoms with Crippen LogP contribution >= 0.6 is 23.2 Å². The van der Waals surface area contributed by atoms with Crippen LogP contribution in [0.4, 0.5) is 24.5 Å². The third kappa shape index (κ3) is 4.73.